The molecule has 0 spiro atoms. The van der Waals surface area contributed by atoms with Crippen LogP contribution in [0.5, 0.6) is 0 Å². The third-order valence-electron chi connectivity index (χ3n) is 2.92. The first-order valence-electron chi connectivity index (χ1n) is 4.82. The van der Waals surface area contributed by atoms with Gasteiger partial charge >= 0.3 is 5.97 Å². The van der Waals surface area contributed by atoms with Crippen molar-refractivity contribution in [2.45, 2.75) is 31.3 Å². The molecule has 0 amide bonds. The van der Waals surface area contributed by atoms with Crippen molar-refractivity contribution in [2.24, 2.45) is 0 Å². The summed E-state index contributed by atoms with van der Waals surface area (Å²) in [6.45, 7) is 2.42. The molecule has 4 heteroatoms. The van der Waals surface area contributed by atoms with Gasteiger partial charge in [-0.05, 0) is 19.4 Å². The van der Waals surface area contributed by atoms with Crippen molar-refractivity contribution in [1.29, 1.82) is 0 Å². The van der Waals surface area contributed by atoms with Crippen molar-refractivity contribution in [3.8, 4) is 0 Å². The van der Waals surface area contributed by atoms with E-state index in [1.54, 1.807) is 0 Å². The van der Waals surface area contributed by atoms with Gasteiger partial charge in [0.15, 0.2) is 0 Å². The van der Waals surface area contributed by atoms with Gasteiger partial charge in [-0.25, -0.2) is 0 Å². The Labute approximate surface area is 77.5 Å². The van der Waals surface area contributed by atoms with Crippen LogP contribution < -0.4 is 0 Å². The summed E-state index contributed by atoms with van der Waals surface area (Å²) in [6.07, 6.45) is 2.57. The maximum Gasteiger partial charge on any atom is 0.305 e. The number of fused-ring (bicyclic) bond motifs is 1. The molecule has 2 unspecified atom stereocenters. The third-order valence-corrected chi connectivity index (χ3v) is 2.92. The van der Waals surface area contributed by atoms with E-state index in [0.29, 0.717) is 12.6 Å². The molecule has 0 saturated carbocycles. The molecule has 13 heavy (non-hydrogen) atoms. The van der Waals surface area contributed by atoms with E-state index in [-0.39, 0.29) is 12.5 Å². The van der Waals surface area contributed by atoms with Crippen molar-refractivity contribution in [3.63, 3.8) is 0 Å². The zero-order chi connectivity index (χ0) is 9.26. The zero-order valence-electron chi connectivity index (χ0n) is 7.61. The standard InChI is InChI=1S/C9H15NO3/c11-9(12)4-8-6-13-5-7-2-1-3-10(7)8/h7-8H,1-6H2,(H,11,12). The molecule has 0 aromatic heterocycles. The lowest BCUT2D eigenvalue weighted by molar-refractivity contribution is -0.140. The minimum Gasteiger partial charge on any atom is -0.481 e. The predicted molar refractivity (Wildman–Crippen MR) is 46.6 cm³/mol. The minimum atomic E-state index is -0.721. The van der Waals surface area contributed by atoms with Crippen LogP contribution in [0.2, 0.25) is 0 Å². The van der Waals surface area contributed by atoms with Crippen molar-refractivity contribution >= 4 is 5.97 Å². The van der Waals surface area contributed by atoms with Gasteiger partial charge in [-0.2, -0.15) is 0 Å². The topological polar surface area (TPSA) is 49.8 Å². The Morgan fingerprint density at radius 3 is 3.15 bits per heavy atom. The Kier molecular flexibility index (Phi) is 2.51. The average molecular weight is 185 g/mol. The molecule has 0 aliphatic carbocycles. The second-order valence-corrected chi connectivity index (χ2v) is 3.82. The number of carboxylic acid groups (broad SMARTS) is 1. The summed E-state index contributed by atoms with van der Waals surface area (Å²) in [5, 5.41) is 8.70. The molecule has 2 saturated heterocycles. The number of hydrogen-bond acceptors (Lipinski definition) is 3. The highest BCUT2D eigenvalue weighted by Crippen LogP contribution is 2.25. The van der Waals surface area contributed by atoms with Crippen molar-refractivity contribution in [1.82, 2.24) is 4.90 Å². The van der Waals surface area contributed by atoms with Gasteiger partial charge in [0, 0.05) is 12.1 Å². The van der Waals surface area contributed by atoms with Crippen LogP contribution >= 0.6 is 0 Å². The Bertz CT molecular complexity index is 207. The second kappa shape index (κ2) is 3.64. The summed E-state index contributed by atoms with van der Waals surface area (Å²) >= 11 is 0. The van der Waals surface area contributed by atoms with Crippen LogP contribution in [0, 0.1) is 0 Å². The molecule has 2 rings (SSSR count). The highest BCUT2D eigenvalue weighted by molar-refractivity contribution is 5.67. The SMILES string of the molecule is O=C(O)CC1COCC2CCCN21. The Hall–Kier alpha value is -0.610. The number of aliphatic carboxylic acids is 1. The van der Waals surface area contributed by atoms with Crippen LogP contribution in [-0.2, 0) is 9.53 Å². The molecular formula is C9H15NO3. The molecule has 4 nitrogen and oxygen atoms in total. The molecule has 0 bridgehead atoms. The highest BCUT2D eigenvalue weighted by Gasteiger charge is 2.35. The number of rotatable bonds is 2. The van der Waals surface area contributed by atoms with E-state index in [2.05, 4.69) is 4.90 Å². The van der Waals surface area contributed by atoms with Gasteiger partial charge in [-0.1, -0.05) is 0 Å². The van der Waals surface area contributed by atoms with E-state index < -0.39 is 5.97 Å². The molecule has 2 atom stereocenters. The first-order valence-corrected chi connectivity index (χ1v) is 4.82. The Morgan fingerprint density at radius 2 is 2.38 bits per heavy atom. The molecule has 1 N–H and O–H groups in total. The van der Waals surface area contributed by atoms with Gasteiger partial charge < -0.3 is 9.84 Å². The van der Waals surface area contributed by atoms with Gasteiger partial charge in [0.25, 0.3) is 0 Å². The van der Waals surface area contributed by atoms with E-state index >= 15 is 0 Å². The second-order valence-electron chi connectivity index (χ2n) is 3.82. The molecule has 74 valence electrons. The van der Waals surface area contributed by atoms with Crippen LogP contribution in [-0.4, -0.2) is 47.8 Å². The summed E-state index contributed by atoms with van der Waals surface area (Å²) < 4.78 is 5.39. The molecule has 0 aromatic carbocycles. The van der Waals surface area contributed by atoms with Crippen LogP contribution in [0.1, 0.15) is 19.3 Å². The lowest BCUT2D eigenvalue weighted by Crippen LogP contribution is -2.49. The van der Waals surface area contributed by atoms with Crippen LogP contribution in [0.4, 0.5) is 0 Å². The third kappa shape index (κ3) is 1.84. The van der Waals surface area contributed by atoms with Gasteiger partial charge in [0.1, 0.15) is 0 Å². The molecular weight excluding hydrogens is 170 g/mol. The predicted octanol–water partition coefficient (Wildman–Crippen LogP) is 0.324. The van der Waals surface area contributed by atoms with Gasteiger partial charge in [0.05, 0.1) is 19.6 Å². The largest absolute Gasteiger partial charge is 0.481 e. The van der Waals surface area contributed by atoms with Gasteiger partial charge in [0.2, 0.25) is 0 Å². The van der Waals surface area contributed by atoms with E-state index in [1.165, 1.54) is 6.42 Å². The maximum absolute atomic E-state index is 10.6. The molecule has 2 aliphatic heterocycles. The maximum atomic E-state index is 10.6. The molecule has 2 heterocycles. The van der Waals surface area contributed by atoms with E-state index in [4.69, 9.17) is 9.84 Å². The Balaban J connectivity index is 1.97. The normalized spacial score (nSPS) is 34.5. The lowest BCUT2D eigenvalue weighted by atomic mass is 10.1. The number of morpholine rings is 1. The van der Waals surface area contributed by atoms with Crippen molar-refractivity contribution in [2.75, 3.05) is 19.8 Å². The fourth-order valence-electron chi connectivity index (χ4n) is 2.33. The lowest BCUT2D eigenvalue weighted by Gasteiger charge is -2.36. The van der Waals surface area contributed by atoms with E-state index in [0.717, 1.165) is 19.6 Å². The van der Waals surface area contributed by atoms with Crippen molar-refractivity contribution < 1.29 is 14.6 Å². The number of carboxylic acids is 1. The fourth-order valence-corrected chi connectivity index (χ4v) is 2.33. The monoisotopic (exact) mass is 185 g/mol. The summed E-state index contributed by atoms with van der Waals surface area (Å²) in [4.78, 5) is 12.9. The molecule has 0 aromatic rings. The smallest absolute Gasteiger partial charge is 0.305 e. The molecule has 2 aliphatic rings. The number of hydrogen-bond donors (Lipinski definition) is 1. The zero-order valence-corrected chi connectivity index (χ0v) is 7.61. The van der Waals surface area contributed by atoms with Crippen LogP contribution in [0.3, 0.4) is 0 Å². The van der Waals surface area contributed by atoms with Gasteiger partial charge in [-0.3, -0.25) is 9.69 Å². The summed E-state index contributed by atoms with van der Waals surface area (Å²) in [5.74, 6) is -0.721. The number of carbonyl (C=O) groups is 1. The summed E-state index contributed by atoms with van der Waals surface area (Å²) in [7, 11) is 0. The van der Waals surface area contributed by atoms with E-state index in [9.17, 15) is 4.79 Å². The van der Waals surface area contributed by atoms with Crippen LogP contribution in [0.25, 0.3) is 0 Å². The van der Waals surface area contributed by atoms with E-state index in [1.807, 2.05) is 0 Å². The quantitative estimate of drug-likeness (QED) is 0.673. The first kappa shape index (κ1) is 8.97. The summed E-state index contributed by atoms with van der Waals surface area (Å²) in [6, 6.07) is 0.594. The highest BCUT2D eigenvalue weighted by atomic mass is 16.5. The summed E-state index contributed by atoms with van der Waals surface area (Å²) in [5.41, 5.74) is 0. The number of ether oxygens (including phenoxy) is 1. The minimum absolute atomic E-state index is 0.110. The van der Waals surface area contributed by atoms with Gasteiger partial charge in [-0.15, -0.1) is 0 Å². The molecule has 0 radical (unpaired) electrons. The molecule has 2 fully saturated rings. The number of nitrogens with zero attached hydrogens (tertiary/aromatic N) is 1. The fraction of sp³-hybridized carbons (Fsp3) is 0.889. The first-order chi connectivity index (χ1) is 6.27. The van der Waals surface area contributed by atoms with Crippen LogP contribution in [0.15, 0.2) is 0 Å². The van der Waals surface area contributed by atoms with Crippen molar-refractivity contribution in [3.05, 3.63) is 0 Å². The Morgan fingerprint density at radius 1 is 1.54 bits per heavy atom. The average Bonchev–Trinajstić information content (AvgIpc) is 2.51.